The van der Waals surface area contributed by atoms with Gasteiger partial charge < -0.3 is 9.88 Å². The van der Waals surface area contributed by atoms with Crippen LogP contribution in [-0.4, -0.2) is 54.7 Å². The Morgan fingerprint density at radius 1 is 1.03 bits per heavy atom. The molecule has 1 saturated heterocycles. The van der Waals surface area contributed by atoms with Gasteiger partial charge in [0.2, 0.25) is 10.0 Å². The van der Waals surface area contributed by atoms with E-state index in [0.29, 0.717) is 11.8 Å². The highest BCUT2D eigenvalue weighted by atomic mass is 35.5. The first-order valence-corrected chi connectivity index (χ1v) is 11.5. The van der Waals surface area contributed by atoms with Crippen molar-refractivity contribution in [1.29, 1.82) is 0 Å². The number of halogens is 4. The molecule has 1 aromatic heterocycles. The molecule has 0 spiro atoms. The van der Waals surface area contributed by atoms with Crippen LogP contribution < -0.4 is 0 Å². The number of amides is 1. The van der Waals surface area contributed by atoms with Crippen LogP contribution in [0.15, 0.2) is 47.4 Å². The van der Waals surface area contributed by atoms with Gasteiger partial charge in [0, 0.05) is 37.1 Å². The van der Waals surface area contributed by atoms with E-state index in [4.69, 9.17) is 11.6 Å². The van der Waals surface area contributed by atoms with Crippen LogP contribution in [0.25, 0.3) is 10.9 Å². The highest BCUT2D eigenvalue weighted by Crippen LogP contribution is 2.34. The molecule has 0 unspecified atom stereocenters. The predicted molar refractivity (Wildman–Crippen MR) is 114 cm³/mol. The number of sulfonamides is 1. The molecule has 0 atom stereocenters. The maximum Gasteiger partial charge on any atom is 0.416 e. The SMILES string of the molecule is Cc1ccc2cc(C(=O)N3CCN(S(=O)(=O)c4cc(C(F)(F)F)ccc4Cl)CC3)[nH]c2c1. The number of nitrogens with one attached hydrogen (secondary N) is 1. The van der Waals surface area contributed by atoms with Gasteiger partial charge in [0.15, 0.2) is 0 Å². The second-order valence-electron chi connectivity index (χ2n) is 7.61. The molecule has 0 bridgehead atoms. The number of nitrogens with zero attached hydrogens (tertiary/aromatic N) is 2. The number of fused-ring (bicyclic) bond motifs is 1. The quantitative estimate of drug-likeness (QED) is 0.601. The van der Waals surface area contributed by atoms with Gasteiger partial charge in [0.25, 0.3) is 5.91 Å². The summed E-state index contributed by atoms with van der Waals surface area (Å²) >= 11 is 5.92. The van der Waals surface area contributed by atoms with Crippen molar-refractivity contribution in [3.8, 4) is 0 Å². The third-order valence-electron chi connectivity index (χ3n) is 5.41. The maximum atomic E-state index is 13.0. The number of carbonyl (C=O) groups excluding carboxylic acids is 1. The van der Waals surface area contributed by atoms with Crippen LogP contribution in [0.4, 0.5) is 13.2 Å². The number of hydrogen-bond donors (Lipinski definition) is 1. The van der Waals surface area contributed by atoms with Gasteiger partial charge >= 0.3 is 6.18 Å². The average molecular weight is 486 g/mol. The molecule has 2 heterocycles. The van der Waals surface area contributed by atoms with E-state index in [0.717, 1.165) is 32.9 Å². The van der Waals surface area contributed by atoms with Crippen LogP contribution in [0.1, 0.15) is 21.6 Å². The molecule has 1 aliphatic heterocycles. The lowest BCUT2D eigenvalue weighted by atomic mass is 10.2. The molecular formula is C21H19ClF3N3O3S. The van der Waals surface area contributed by atoms with E-state index in [9.17, 15) is 26.4 Å². The van der Waals surface area contributed by atoms with E-state index >= 15 is 0 Å². The number of benzene rings is 2. The number of rotatable bonds is 3. The summed E-state index contributed by atoms with van der Waals surface area (Å²) in [6, 6.07) is 9.71. The van der Waals surface area contributed by atoms with Gasteiger partial charge in [-0.15, -0.1) is 0 Å². The second kappa shape index (κ2) is 8.09. The number of carbonyl (C=O) groups is 1. The standard InChI is InChI=1S/C21H19ClF3N3O3S/c1-13-2-3-14-11-18(26-17(14)10-13)20(29)27-6-8-28(9-7-27)32(30,31)19-12-15(21(23,24)25)4-5-16(19)22/h2-5,10-12,26H,6-9H2,1H3. The lowest BCUT2D eigenvalue weighted by Crippen LogP contribution is -2.50. The Kier molecular flexibility index (Phi) is 5.72. The number of aryl methyl sites for hydroxylation is 1. The molecule has 0 radical (unpaired) electrons. The summed E-state index contributed by atoms with van der Waals surface area (Å²) in [5, 5.41) is 0.601. The normalized spacial score (nSPS) is 16.0. The molecule has 6 nitrogen and oxygen atoms in total. The summed E-state index contributed by atoms with van der Waals surface area (Å²) in [4.78, 5) is 16.9. The monoisotopic (exact) mass is 485 g/mol. The Morgan fingerprint density at radius 2 is 1.72 bits per heavy atom. The summed E-state index contributed by atoms with van der Waals surface area (Å²) in [6.07, 6.45) is -4.70. The molecule has 1 aliphatic rings. The minimum Gasteiger partial charge on any atom is -0.351 e. The Balaban J connectivity index is 1.51. The molecule has 32 heavy (non-hydrogen) atoms. The lowest BCUT2D eigenvalue weighted by molar-refractivity contribution is -0.137. The third kappa shape index (κ3) is 4.22. The largest absolute Gasteiger partial charge is 0.416 e. The zero-order chi connectivity index (χ0) is 23.3. The third-order valence-corrected chi connectivity index (χ3v) is 7.79. The van der Waals surface area contributed by atoms with Crippen LogP contribution in [0.3, 0.4) is 0 Å². The van der Waals surface area contributed by atoms with Crippen molar-refractivity contribution < 1.29 is 26.4 Å². The molecule has 1 amide bonds. The number of H-pyrrole nitrogens is 1. The van der Waals surface area contributed by atoms with Gasteiger partial charge in [0.05, 0.1) is 10.6 Å². The highest BCUT2D eigenvalue weighted by molar-refractivity contribution is 7.89. The van der Waals surface area contributed by atoms with Crippen molar-refractivity contribution in [2.24, 2.45) is 0 Å². The van der Waals surface area contributed by atoms with Crippen LogP contribution in [-0.2, 0) is 16.2 Å². The first-order chi connectivity index (χ1) is 15.0. The molecule has 0 aliphatic carbocycles. The van der Waals surface area contributed by atoms with Gasteiger partial charge in [-0.2, -0.15) is 17.5 Å². The Hall–Kier alpha value is -2.56. The van der Waals surface area contributed by atoms with E-state index in [1.165, 1.54) is 4.90 Å². The van der Waals surface area contributed by atoms with Crippen LogP contribution >= 0.6 is 11.6 Å². The number of aromatic amines is 1. The average Bonchev–Trinajstić information content (AvgIpc) is 3.15. The molecule has 11 heteroatoms. The molecule has 1 fully saturated rings. The Morgan fingerprint density at radius 3 is 2.38 bits per heavy atom. The van der Waals surface area contributed by atoms with Crippen LogP contribution in [0.2, 0.25) is 5.02 Å². The fourth-order valence-electron chi connectivity index (χ4n) is 3.67. The van der Waals surface area contributed by atoms with Gasteiger partial charge in [-0.25, -0.2) is 8.42 Å². The summed E-state index contributed by atoms with van der Waals surface area (Å²) in [6.45, 7) is 2.03. The van der Waals surface area contributed by atoms with E-state index in [1.54, 1.807) is 6.07 Å². The molecule has 170 valence electrons. The van der Waals surface area contributed by atoms with Gasteiger partial charge in [0.1, 0.15) is 10.6 Å². The lowest BCUT2D eigenvalue weighted by Gasteiger charge is -2.34. The number of aromatic nitrogens is 1. The predicted octanol–water partition coefficient (Wildman–Crippen LogP) is 4.30. The van der Waals surface area contributed by atoms with E-state index in [-0.39, 0.29) is 37.1 Å². The number of hydrogen-bond acceptors (Lipinski definition) is 3. The van der Waals surface area contributed by atoms with Crippen molar-refractivity contribution in [2.75, 3.05) is 26.2 Å². The van der Waals surface area contributed by atoms with E-state index in [1.807, 2.05) is 25.1 Å². The minimum absolute atomic E-state index is 0.0556. The van der Waals surface area contributed by atoms with Crippen molar-refractivity contribution in [1.82, 2.24) is 14.2 Å². The molecule has 4 rings (SSSR count). The van der Waals surface area contributed by atoms with Crippen molar-refractivity contribution in [3.05, 3.63) is 64.3 Å². The van der Waals surface area contributed by atoms with E-state index < -0.39 is 26.7 Å². The Labute approximate surface area is 187 Å². The fourth-order valence-corrected chi connectivity index (χ4v) is 5.60. The number of alkyl halides is 3. The maximum absolute atomic E-state index is 13.0. The van der Waals surface area contributed by atoms with E-state index in [2.05, 4.69) is 4.98 Å². The van der Waals surface area contributed by atoms with Gasteiger partial charge in [-0.1, -0.05) is 23.7 Å². The van der Waals surface area contributed by atoms with Crippen LogP contribution in [0, 0.1) is 6.92 Å². The fraction of sp³-hybridized carbons (Fsp3) is 0.286. The first-order valence-electron chi connectivity index (χ1n) is 9.72. The van der Waals surface area contributed by atoms with Crippen LogP contribution in [0.5, 0.6) is 0 Å². The molecule has 1 N–H and O–H groups in total. The Bertz CT molecular complexity index is 1300. The minimum atomic E-state index is -4.70. The highest BCUT2D eigenvalue weighted by Gasteiger charge is 2.36. The molecular weight excluding hydrogens is 467 g/mol. The van der Waals surface area contributed by atoms with Crippen molar-refractivity contribution in [3.63, 3.8) is 0 Å². The molecule has 3 aromatic rings. The topological polar surface area (TPSA) is 73.5 Å². The molecule has 0 saturated carbocycles. The van der Waals surface area contributed by atoms with Crippen molar-refractivity contribution >= 4 is 38.4 Å². The van der Waals surface area contributed by atoms with Gasteiger partial charge in [-0.3, -0.25) is 4.79 Å². The zero-order valence-electron chi connectivity index (χ0n) is 16.9. The summed E-state index contributed by atoms with van der Waals surface area (Å²) < 4.78 is 66.0. The summed E-state index contributed by atoms with van der Waals surface area (Å²) in [7, 11) is -4.26. The number of piperazine rings is 1. The smallest absolute Gasteiger partial charge is 0.351 e. The first kappa shape index (κ1) is 22.6. The van der Waals surface area contributed by atoms with Crippen molar-refractivity contribution in [2.45, 2.75) is 18.0 Å². The molecule has 2 aromatic carbocycles. The zero-order valence-corrected chi connectivity index (χ0v) is 18.5. The summed E-state index contributed by atoms with van der Waals surface area (Å²) in [5.41, 5.74) is 1.17. The second-order valence-corrected chi connectivity index (χ2v) is 9.93. The summed E-state index contributed by atoms with van der Waals surface area (Å²) in [5.74, 6) is -0.270. The van der Waals surface area contributed by atoms with Gasteiger partial charge in [-0.05, 0) is 42.8 Å².